The van der Waals surface area contributed by atoms with Crippen LogP contribution < -0.4 is 16.4 Å². The number of amides is 2. The average Bonchev–Trinajstić information content (AvgIpc) is 3.07. The van der Waals surface area contributed by atoms with E-state index in [-0.39, 0.29) is 24.3 Å². The molecule has 23 heavy (non-hydrogen) atoms. The lowest BCUT2D eigenvalue weighted by Gasteiger charge is -2.15. The standard InChI is InChI=1S/C15H20N6O2/c1-9(2)13(16)15(23)17-7-12(22)20-11-5-3-10(4-6-11)14-18-8-19-21-14/h3-6,8-9,13H,7,16H2,1-2H3,(H,17,23)(H,20,22)(H,18,19,21)/t13-/m0/s1. The van der Waals surface area contributed by atoms with E-state index in [1.54, 1.807) is 12.1 Å². The Morgan fingerprint density at radius 3 is 2.52 bits per heavy atom. The molecule has 122 valence electrons. The van der Waals surface area contributed by atoms with E-state index in [0.29, 0.717) is 11.5 Å². The van der Waals surface area contributed by atoms with Crippen molar-refractivity contribution >= 4 is 17.5 Å². The van der Waals surface area contributed by atoms with Crippen LogP contribution in [0.2, 0.25) is 0 Å². The van der Waals surface area contributed by atoms with Gasteiger partial charge in [0, 0.05) is 11.3 Å². The third kappa shape index (κ3) is 4.62. The van der Waals surface area contributed by atoms with E-state index in [0.717, 1.165) is 5.56 Å². The molecule has 2 rings (SSSR count). The van der Waals surface area contributed by atoms with Crippen LogP contribution in [-0.4, -0.2) is 39.6 Å². The van der Waals surface area contributed by atoms with Gasteiger partial charge in [-0.3, -0.25) is 14.7 Å². The molecule has 0 saturated heterocycles. The van der Waals surface area contributed by atoms with Crippen molar-refractivity contribution in [1.29, 1.82) is 0 Å². The Labute approximate surface area is 133 Å². The van der Waals surface area contributed by atoms with Crippen molar-refractivity contribution in [1.82, 2.24) is 20.5 Å². The Morgan fingerprint density at radius 2 is 1.96 bits per heavy atom. The molecule has 8 nitrogen and oxygen atoms in total. The molecular weight excluding hydrogens is 296 g/mol. The zero-order chi connectivity index (χ0) is 16.8. The molecule has 0 aliphatic rings. The number of anilines is 1. The molecule has 0 spiro atoms. The highest BCUT2D eigenvalue weighted by atomic mass is 16.2. The van der Waals surface area contributed by atoms with E-state index < -0.39 is 6.04 Å². The summed E-state index contributed by atoms with van der Waals surface area (Å²) in [6, 6.07) is 6.49. The smallest absolute Gasteiger partial charge is 0.243 e. The highest BCUT2D eigenvalue weighted by Gasteiger charge is 2.17. The fraction of sp³-hybridized carbons (Fsp3) is 0.333. The maximum atomic E-state index is 11.8. The lowest BCUT2D eigenvalue weighted by molar-refractivity contribution is -0.125. The number of H-pyrrole nitrogens is 1. The molecule has 0 aliphatic carbocycles. The summed E-state index contributed by atoms with van der Waals surface area (Å²) in [6.07, 6.45) is 1.43. The van der Waals surface area contributed by atoms with Crippen molar-refractivity contribution in [3.63, 3.8) is 0 Å². The van der Waals surface area contributed by atoms with Crippen LogP contribution >= 0.6 is 0 Å². The van der Waals surface area contributed by atoms with Crippen LogP contribution in [0.15, 0.2) is 30.6 Å². The van der Waals surface area contributed by atoms with Gasteiger partial charge >= 0.3 is 0 Å². The number of carbonyl (C=O) groups is 2. The van der Waals surface area contributed by atoms with Crippen molar-refractivity contribution in [3.8, 4) is 11.4 Å². The van der Waals surface area contributed by atoms with E-state index in [1.807, 2.05) is 26.0 Å². The molecule has 2 amide bonds. The average molecular weight is 316 g/mol. The SMILES string of the molecule is CC(C)[C@H](N)C(=O)NCC(=O)Nc1ccc(-c2ncn[nH]2)cc1. The van der Waals surface area contributed by atoms with E-state index in [4.69, 9.17) is 5.73 Å². The summed E-state index contributed by atoms with van der Waals surface area (Å²) in [4.78, 5) is 27.6. The van der Waals surface area contributed by atoms with Crippen LogP contribution in [0.4, 0.5) is 5.69 Å². The number of nitrogens with one attached hydrogen (secondary N) is 3. The van der Waals surface area contributed by atoms with Crippen LogP contribution in [0.25, 0.3) is 11.4 Å². The number of rotatable bonds is 6. The number of hydrogen-bond donors (Lipinski definition) is 4. The molecule has 1 aromatic carbocycles. The molecule has 0 aliphatic heterocycles. The molecule has 1 heterocycles. The van der Waals surface area contributed by atoms with Gasteiger partial charge in [0.15, 0.2) is 5.82 Å². The number of nitrogens with two attached hydrogens (primary N) is 1. The maximum absolute atomic E-state index is 11.8. The predicted molar refractivity (Wildman–Crippen MR) is 86.3 cm³/mol. The molecule has 0 radical (unpaired) electrons. The van der Waals surface area contributed by atoms with Crippen molar-refractivity contribution in [2.45, 2.75) is 19.9 Å². The number of nitrogens with zero attached hydrogens (tertiary/aromatic N) is 2. The van der Waals surface area contributed by atoms with Gasteiger partial charge in [0.2, 0.25) is 11.8 Å². The summed E-state index contributed by atoms with van der Waals surface area (Å²) in [7, 11) is 0. The minimum Gasteiger partial charge on any atom is -0.346 e. The zero-order valence-electron chi connectivity index (χ0n) is 13.0. The van der Waals surface area contributed by atoms with Crippen molar-refractivity contribution in [2.24, 2.45) is 11.7 Å². The first-order valence-electron chi connectivity index (χ1n) is 7.26. The first kappa shape index (κ1) is 16.6. The molecule has 5 N–H and O–H groups in total. The Hall–Kier alpha value is -2.74. The summed E-state index contributed by atoms with van der Waals surface area (Å²) in [5, 5.41) is 11.8. The summed E-state index contributed by atoms with van der Waals surface area (Å²) >= 11 is 0. The van der Waals surface area contributed by atoms with Gasteiger partial charge in [-0.05, 0) is 30.2 Å². The summed E-state index contributed by atoms with van der Waals surface area (Å²) in [5.41, 5.74) is 7.19. The van der Waals surface area contributed by atoms with Gasteiger partial charge in [0.25, 0.3) is 0 Å². The first-order chi connectivity index (χ1) is 11.0. The number of aromatic amines is 1. The summed E-state index contributed by atoms with van der Waals surface area (Å²) < 4.78 is 0. The molecule has 8 heteroatoms. The number of aromatic nitrogens is 3. The third-order valence-electron chi connectivity index (χ3n) is 3.30. The minimum absolute atomic E-state index is 0.0155. The van der Waals surface area contributed by atoms with Crippen LogP contribution in [0, 0.1) is 5.92 Å². The monoisotopic (exact) mass is 316 g/mol. The molecule has 1 aromatic heterocycles. The summed E-state index contributed by atoms with van der Waals surface area (Å²) in [6.45, 7) is 3.57. The van der Waals surface area contributed by atoms with Crippen molar-refractivity contribution in [2.75, 3.05) is 11.9 Å². The minimum atomic E-state index is -0.621. The van der Waals surface area contributed by atoms with Gasteiger partial charge in [0.05, 0.1) is 12.6 Å². The molecule has 1 atom stereocenters. The first-order valence-corrected chi connectivity index (χ1v) is 7.26. The predicted octanol–water partition coefficient (Wildman–Crippen LogP) is 0.510. The van der Waals surface area contributed by atoms with E-state index >= 15 is 0 Å². The second-order valence-electron chi connectivity index (χ2n) is 5.45. The Bertz CT molecular complexity index is 651. The van der Waals surface area contributed by atoms with Crippen LogP contribution in [0.5, 0.6) is 0 Å². The Balaban J connectivity index is 1.85. The molecule has 0 bridgehead atoms. The van der Waals surface area contributed by atoms with Gasteiger partial charge in [0.1, 0.15) is 6.33 Å². The largest absolute Gasteiger partial charge is 0.346 e. The van der Waals surface area contributed by atoms with Gasteiger partial charge in [-0.2, -0.15) is 5.10 Å². The molecule has 0 unspecified atom stereocenters. The highest BCUT2D eigenvalue weighted by molar-refractivity contribution is 5.95. The van der Waals surface area contributed by atoms with Crippen molar-refractivity contribution < 1.29 is 9.59 Å². The maximum Gasteiger partial charge on any atom is 0.243 e. The fourth-order valence-corrected chi connectivity index (χ4v) is 1.85. The van der Waals surface area contributed by atoms with Crippen LogP contribution in [-0.2, 0) is 9.59 Å². The molecule has 2 aromatic rings. The topological polar surface area (TPSA) is 126 Å². The van der Waals surface area contributed by atoms with Gasteiger partial charge in [-0.25, -0.2) is 4.98 Å². The van der Waals surface area contributed by atoms with Crippen LogP contribution in [0.1, 0.15) is 13.8 Å². The van der Waals surface area contributed by atoms with E-state index in [2.05, 4.69) is 25.8 Å². The van der Waals surface area contributed by atoms with E-state index in [1.165, 1.54) is 6.33 Å². The summed E-state index contributed by atoms with van der Waals surface area (Å²) in [5.74, 6) is 0.0112. The Morgan fingerprint density at radius 1 is 1.26 bits per heavy atom. The second-order valence-corrected chi connectivity index (χ2v) is 5.45. The van der Waals surface area contributed by atoms with Gasteiger partial charge in [-0.1, -0.05) is 13.8 Å². The Kier molecular flexibility index (Phi) is 5.42. The van der Waals surface area contributed by atoms with Crippen LogP contribution in [0.3, 0.4) is 0 Å². The second kappa shape index (κ2) is 7.50. The highest BCUT2D eigenvalue weighted by Crippen LogP contribution is 2.16. The third-order valence-corrected chi connectivity index (χ3v) is 3.30. The zero-order valence-corrected chi connectivity index (χ0v) is 13.0. The van der Waals surface area contributed by atoms with Gasteiger partial charge in [-0.15, -0.1) is 0 Å². The fourth-order valence-electron chi connectivity index (χ4n) is 1.85. The molecular formula is C15H20N6O2. The molecule has 0 saturated carbocycles. The lowest BCUT2D eigenvalue weighted by Crippen LogP contribution is -2.46. The molecule has 0 fully saturated rings. The lowest BCUT2D eigenvalue weighted by atomic mass is 10.1. The normalized spacial score (nSPS) is 12.0. The van der Waals surface area contributed by atoms with Gasteiger partial charge < -0.3 is 16.4 Å². The van der Waals surface area contributed by atoms with Crippen molar-refractivity contribution in [3.05, 3.63) is 30.6 Å². The number of hydrogen-bond acceptors (Lipinski definition) is 5. The number of carbonyl (C=O) groups excluding carboxylic acids is 2. The quantitative estimate of drug-likeness (QED) is 0.618. The van der Waals surface area contributed by atoms with E-state index in [9.17, 15) is 9.59 Å². The number of benzene rings is 1.